The Hall–Kier alpha value is -2.40. The van der Waals surface area contributed by atoms with E-state index >= 15 is 0 Å². The second kappa shape index (κ2) is 9.17. The summed E-state index contributed by atoms with van der Waals surface area (Å²) in [7, 11) is 0. The van der Waals surface area contributed by atoms with Gasteiger partial charge in [-0.15, -0.1) is 17.9 Å². The average Bonchev–Trinajstić information content (AvgIpc) is 3.44. The average molecular weight is 423 g/mol. The second-order valence-electron chi connectivity index (χ2n) is 8.38. The van der Waals surface area contributed by atoms with Crippen LogP contribution >= 0.6 is 11.3 Å². The molecule has 0 spiro atoms. The SMILES string of the molecule is C=CCN(CC(=O)N1CCc2sccc2[C@H]1c1ccccc1C)C(=O)C1CCCC1. The van der Waals surface area contributed by atoms with Gasteiger partial charge in [-0.1, -0.05) is 43.2 Å². The van der Waals surface area contributed by atoms with Gasteiger partial charge >= 0.3 is 0 Å². The summed E-state index contributed by atoms with van der Waals surface area (Å²) in [6.07, 6.45) is 6.69. The van der Waals surface area contributed by atoms with Crippen molar-refractivity contribution < 1.29 is 9.59 Å². The van der Waals surface area contributed by atoms with Gasteiger partial charge in [0.05, 0.1) is 6.04 Å². The number of amides is 2. The molecule has 0 radical (unpaired) electrons. The van der Waals surface area contributed by atoms with Crippen LogP contribution in [0.1, 0.15) is 53.3 Å². The zero-order valence-corrected chi connectivity index (χ0v) is 18.5. The molecule has 2 amide bonds. The lowest BCUT2D eigenvalue weighted by Crippen LogP contribution is -2.47. The molecule has 158 valence electrons. The minimum atomic E-state index is -0.0825. The van der Waals surface area contributed by atoms with Crippen LogP contribution < -0.4 is 0 Å². The van der Waals surface area contributed by atoms with Gasteiger partial charge in [0.2, 0.25) is 11.8 Å². The molecule has 2 heterocycles. The number of carbonyl (C=O) groups excluding carboxylic acids is 2. The maximum atomic E-state index is 13.5. The molecule has 1 atom stereocenters. The molecular formula is C25H30N2O2S. The lowest BCUT2D eigenvalue weighted by molar-refractivity contribution is -0.143. The third-order valence-corrected chi connectivity index (χ3v) is 7.46. The minimum Gasteiger partial charge on any atom is -0.330 e. The van der Waals surface area contributed by atoms with Gasteiger partial charge in [0, 0.05) is 23.9 Å². The number of aryl methyl sites for hydroxylation is 1. The molecular weight excluding hydrogens is 392 g/mol. The molecule has 1 aliphatic heterocycles. The van der Waals surface area contributed by atoms with Gasteiger partial charge in [0.25, 0.3) is 0 Å². The highest BCUT2D eigenvalue weighted by Gasteiger charge is 2.35. The molecule has 2 aliphatic rings. The van der Waals surface area contributed by atoms with Crippen molar-refractivity contribution in [1.82, 2.24) is 9.80 Å². The number of hydrogen-bond acceptors (Lipinski definition) is 3. The second-order valence-corrected chi connectivity index (χ2v) is 9.38. The first kappa shape index (κ1) is 20.9. The lowest BCUT2D eigenvalue weighted by atomic mass is 9.90. The first-order valence-electron chi connectivity index (χ1n) is 10.9. The standard InChI is InChI=1S/C25H30N2O2S/c1-3-14-26(25(29)19-9-5-6-10-19)17-23(28)27-15-12-22-21(13-16-30-22)24(27)20-11-7-4-8-18(20)2/h3-4,7-8,11,13,16,19,24H,1,5-6,9-10,12,14-15,17H2,2H3/t24-/m1/s1. The third kappa shape index (κ3) is 4.08. The van der Waals surface area contributed by atoms with Crippen molar-refractivity contribution in [2.75, 3.05) is 19.6 Å². The molecule has 0 bridgehead atoms. The molecule has 1 saturated carbocycles. The van der Waals surface area contributed by atoms with Crippen LogP contribution in [0.4, 0.5) is 0 Å². The van der Waals surface area contributed by atoms with E-state index in [1.807, 2.05) is 17.0 Å². The summed E-state index contributed by atoms with van der Waals surface area (Å²) in [5, 5.41) is 2.12. The quantitative estimate of drug-likeness (QED) is 0.631. The van der Waals surface area contributed by atoms with Crippen LogP contribution in [0.3, 0.4) is 0 Å². The van der Waals surface area contributed by atoms with Crippen molar-refractivity contribution in [3.63, 3.8) is 0 Å². The van der Waals surface area contributed by atoms with Gasteiger partial charge < -0.3 is 9.80 Å². The van der Waals surface area contributed by atoms with Crippen LogP contribution in [-0.2, 0) is 16.0 Å². The summed E-state index contributed by atoms with van der Waals surface area (Å²) in [6.45, 7) is 7.15. The summed E-state index contributed by atoms with van der Waals surface area (Å²) in [6, 6.07) is 10.4. The molecule has 2 aromatic rings. The molecule has 0 N–H and O–H groups in total. The van der Waals surface area contributed by atoms with E-state index in [2.05, 4.69) is 37.1 Å². The van der Waals surface area contributed by atoms with Crippen LogP contribution in [0.15, 0.2) is 48.4 Å². The Labute approximate surface area is 183 Å². The van der Waals surface area contributed by atoms with Gasteiger partial charge in [-0.25, -0.2) is 0 Å². The van der Waals surface area contributed by atoms with Gasteiger partial charge in [-0.3, -0.25) is 9.59 Å². The number of nitrogens with zero attached hydrogens (tertiary/aromatic N) is 2. The van der Waals surface area contributed by atoms with Crippen molar-refractivity contribution >= 4 is 23.2 Å². The van der Waals surface area contributed by atoms with E-state index in [0.29, 0.717) is 13.1 Å². The maximum Gasteiger partial charge on any atom is 0.243 e. The first-order valence-corrected chi connectivity index (χ1v) is 11.8. The summed E-state index contributed by atoms with van der Waals surface area (Å²) in [5.41, 5.74) is 3.58. The predicted molar refractivity (Wildman–Crippen MR) is 121 cm³/mol. The smallest absolute Gasteiger partial charge is 0.243 e. The molecule has 4 nitrogen and oxygen atoms in total. The van der Waals surface area contributed by atoms with E-state index in [1.54, 1.807) is 22.3 Å². The summed E-state index contributed by atoms with van der Waals surface area (Å²) >= 11 is 1.77. The first-order chi connectivity index (χ1) is 14.6. The van der Waals surface area contributed by atoms with E-state index in [-0.39, 0.29) is 30.3 Å². The van der Waals surface area contributed by atoms with E-state index in [4.69, 9.17) is 0 Å². The molecule has 1 aromatic carbocycles. The Morgan fingerprint density at radius 1 is 1.20 bits per heavy atom. The number of benzene rings is 1. The summed E-state index contributed by atoms with van der Waals surface area (Å²) < 4.78 is 0. The third-order valence-electron chi connectivity index (χ3n) is 6.46. The molecule has 1 aliphatic carbocycles. The minimum absolute atomic E-state index is 0.0216. The number of hydrogen-bond donors (Lipinski definition) is 0. The molecule has 5 heteroatoms. The number of carbonyl (C=O) groups is 2. The van der Waals surface area contributed by atoms with Crippen molar-refractivity contribution in [3.8, 4) is 0 Å². The zero-order valence-electron chi connectivity index (χ0n) is 17.7. The number of rotatable bonds is 6. The molecule has 1 aromatic heterocycles. The highest BCUT2D eigenvalue weighted by molar-refractivity contribution is 7.10. The highest BCUT2D eigenvalue weighted by Crippen LogP contribution is 2.39. The molecule has 30 heavy (non-hydrogen) atoms. The van der Waals surface area contributed by atoms with E-state index in [0.717, 1.165) is 32.1 Å². The van der Waals surface area contributed by atoms with Gasteiger partial charge in [0.1, 0.15) is 6.54 Å². The largest absolute Gasteiger partial charge is 0.330 e. The van der Waals surface area contributed by atoms with Crippen molar-refractivity contribution in [1.29, 1.82) is 0 Å². The molecule has 4 rings (SSSR count). The van der Waals surface area contributed by atoms with Crippen LogP contribution in [0.5, 0.6) is 0 Å². The van der Waals surface area contributed by atoms with E-state index < -0.39 is 0 Å². The van der Waals surface area contributed by atoms with E-state index in [9.17, 15) is 9.59 Å². The number of thiophene rings is 1. The molecule has 0 unspecified atom stereocenters. The normalized spacial score (nSPS) is 18.8. The monoisotopic (exact) mass is 422 g/mol. The summed E-state index contributed by atoms with van der Waals surface area (Å²) in [5.74, 6) is 0.199. The maximum absolute atomic E-state index is 13.5. The Kier molecular flexibility index (Phi) is 6.38. The van der Waals surface area contributed by atoms with Crippen LogP contribution in [0.25, 0.3) is 0 Å². The Balaban J connectivity index is 1.60. The fraction of sp³-hybridized carbons (Fsp3) is 0.440. The Bertz CT molecular complexity index is 929. The predicted octanol–water partition coefficient (Wildman–Crippen LogP) is 4.74. The van der Waals surface area contributed by atoms with Crippen LogP contribution in [0, 0.1) is 12.8 Å². The number of fused-ring (bicyclic) bond motifs is 1. The van der Waals surface area contributed by atoms with Gasteiger partial charge in [0.15, 0.2) is 0 Å². The Morgan fingerprint density at radius 2 is 1.97 bits per heavy atom. The zero-order chi connectivity index (χ0) is 21.1. The Morgan fingerprint density at radius 3 is 2.70 bits per heavy atom. The highest BCUT2D eigenvalue weighted by atomic mass is 32.1. The van der Waals surface area contributed by atoms with Gasteiger partial charge in [-0.05, 0) is 54.3 Å². The van der Waals surface area contributed by atoms with Crippen molar-refractivity contribution in [2.45, 2.75) is 45.1 Å². The molecule has 0 saturated heterocycles. The topological polar surface area (TPSA) is 40.6 Å². The lowest BCUT2D eigenvalue weighted by Gasteiger charge is -2.38. The fourth-order valence-corrected chi connectivity index (χ4v) is 5.79. The van der Waals surface area contributed by atoms with Crippen molar-refractivity contribution in [3.05, 3.63) is 69.9 Å². The fourth-order valence-electron chi connectivity index (χ4n) is 4.89. The van der Waals surface area contributed by atoms with Gasteiger partial charge in [-0.2, -0.15) is 0 Å². The molecule has 1 fully saturated rings. The van der Waals surface area contributed by atoms with E-state index in [1.165, 1.54) is 21.6 Å². The van der Waals surface area contributed by atoms with Crippen LogP contribution in [-0.4, -0.2) is 41.2 Å². The summed E-state index contributed by atoms with van der Waals surface area (Å²) in [4.78, 5) is 31.6. The van der Waals surface area contributed by atoms with Crippen LogP contribution in [0.2, 0.25) is 0 Å². The van der Waals surface area contributed by atoms with Crippen molar-refractivity contribution in [2.24, 2.45) is 5.92 Å².